The van der Waals surface area contributed by atoms with E-state index >= 15 is 0 Å². The summed E-state index contributed by atoms with van der Waals surface area (Å²) in [7, 11) is -3.06. The summed E-state index contributed by atoms with van der Waals surface area (Å²) in [6.45, 7) is 7.80. The summed E-state index contributed by atoms with van der Waals surface area (Å²) in [6.07, 6.45) is 9.61. The molecule has 3 aliphatic rings. The molecule has 0 amide bonds. The molecule has 0 bridgehead atoms. The minimum atomic E-state index is -3.06. The molecule has 170 valence electrons. The van der Waals surface area contributed by atoms with Crippen LogP contribution in [-0.4, -0.2) is 69.9 Å². The fourth-order valence-corrected chi connectivity index (χ4v) is 6.09. The van der Waals surface area contributed by atoms with Crippen molar-refractivity contribution in [3.05, 3.63) is 0 Å². The maximum absolute atomic E-state index is 11.7. The highest BCUT2D eigenvalue weighted by atomic mass is 127. The third-order valence-electron chi connectivity index (χ3n) is 6.89. The molecule has 0 aromatic rings. The van der Waals surface area contributed by atoms with Crippen LogP contribution in [0.25, 0.3) is 0 Å². The number of sulfonamides is 1. The van der Waals surface area contributed by atoms with Crippen molar-refractivity contribution in [2.45, 2.75) is 70.9 Å². The molecule has 2 N–H and O–H groups in total. The summed E-state index contributed by atoms with van der Waals surface area (Å²) >= 11 is 0. The molecule has 29 heavy (non-hydrogen) atoms. The van der Waals surface area contributed by atoms with Gasteiger partial charge in [0, 0.05) is 44.2 Å². The summed E-state index contributed by atoms with van der Waals surface area (Å²) < 4.78 is 31.0. The standard InChI is InChI=1S/C20H38N4O3S.HI/c1-4-21-19(22-15-16-8-12-24(13-9-16)28(3,25)26)23-17-14-18(27-5-2)20(17)10-6-7-11-20;/h16-18H,4-15H2,1-3H3,(H2,21,22,23);1H. The molecule has 0 aromatic carbocycles. The first kappa shape index (κ1) is 25.1. The van der Waals surface area contributed by atoms with Crippen molar-refractivity contribution in [1.82, 2.24) is 14.9 Å². The molecule has 2 saturated carbocycles. The number of guanidine groups is 1. The molecule has 1 spiro atoms. The highest BCUT2D eigenvalue weighted by molar-refractivity contribution is 14.0. The van der Waals surface area contributed by atoms with Crippen molar-refractivity contribution in [1.29, 1.82) is 0 Å². The quantitative estimate of drug-likeness (QED) is 0.294. The second-order valence-electron chi connectivity index (χ2n) is 8.64. The molecule has 9 heteroatoms. The van der Waals surface area contributed by atoms with Crippen LogP contribution in [-0.2, 0) is 14.8 Å². The Morgan fingerprint density at radius 3 is 2.41 bits per heavy atom. The molecule has 1 saturated heterocycles. The van der Waals surface area contributed by atoms with Gasteiger partial charge in [0.2, 0.25) is 10.0 Å². The average Bonchev–Trinajstić information content (AvgIpc) is 3.18. The van der Waals surface area contributed by atoms with Crippen molar-refractivity contribution in [3.63, 3.8) is 0 Å². The fraction of sp³-hybridized carbons (Fsp3) is 0.950. The molecule has 3 rings (SSSR count). The monoisotopic (exact) mass is 542 g/mol. The van der Waals surface area contributed by atoms with Gasteiger partial charge < -0.3 is 15.4 Å². The third-order valence-corrected chi connectivity index (χ3v) is 8.20. The van der Waals surface area contributed by atoms with E-state index in [1.807, 2.05) is 0 Å². The topological polar surface area (TPSA) is 83.0 Å². The van der Waals surface area contributed by atoms with Crippen LogP contribution in [0.2, 0.25) is 0 Å². The average molecular weight is 543 g/mol. The lowest BCUT2D eigenvalue weighted by Crippen LogP contribution is -2.65. The van der Waals surface area contributed by atoms with Gasteiger partial charge in [-0.2, -0.15) is 0 Å². The predicted molar refractivity (Wildman–Crippen MR) is 128 cm³/mol. The Morgan fingerprint density at radius 2 is 1.86 bits per heavy atom. The Kier molecular flexibility index (Phi) is 9.49. The van der Waals surface area contributed by atoms with Gasteiger partial charge in [0.1, 0.15) is 0 Å². The van der Waals surface area contributed by atoms with Crippen molar-refractivity contribution in [2.24, 2.45) is 16.3 Å². The molecule has 1 heterocycles. The smallest absolute Gasteiger partial charge is 0.211 e. The number of piperidine rings is 1. The molecular formula is C20H39IN4O3S. The van der Waals surface area contributed by atoms with E-state index in [1.165, 1.54) is 31.9 Å². The highest BCUT2D eigenvalue weighted by Gasteiger charge is 2.56. The molecule has 2 unspecified atom stereocenters. The first-order valence-electron chi connectivity index (χ1n) is 11.0. The van der Waals surface area contributed by atoms with Crippen LogP contribution in [0.4, 0.5) is 0 Å². The summed E-state index contributed by atoms with van der Waals surface area (Å²) in [5, 5.41) is 7.10. The van der Waals surface area contributed by atoms with Crippen molar-refractivity contribution >= 4 is 40.0 Å². The normalized spacial score (nSPS) is 28.0. The van der Waals surface area contributed by atoms with E-state index in [0.717, 1.165) is 44.9 Å². The Morgan fingerprint density at radius 1 is 1.21 bits per heavy atom. The second kappa shape index (κ2) is 10.9. The minimum Gasteiger partial charge on any atom is -0.378 e. The number of aliphatic imine (C=N–C) groups is 1. The van der Waals surface area contributed by atoms with Crippen molar-refractivity contribution in [3.8, 4) is 0 Å². The Bertz CT molecular complexity index is 644. The van der Waals surface area contributed by atoms with E-state index in [-0.39, 0.29) is 29.4 Å². The SMILES string of the molecule is CCNC(=NCC1CCN(S(C)(=O)=O)CC1)NC1CC(OCC)C12CCCC2.I. The van der Waals surface area contributed by atoms with Gasteiger partial charge in [-0.15, -0.1) is 24.0 Å². The zero-order valence-corrected chi connectivity index (χ0v) is 21.3. The van der Waals surface area contributed by atoms with Gasteiger partial charge in [-0.1, -0.05) is 12.8 Å². The Labute approximate surface area is 193 Å². The lowest BCUT2D eigenvalue weighted by molar-refractivity contribution is -0.125. The highest BCUT2D eigenvalue weighted by Crippen LogP contribution is 2.54. The summed E-state index contributed by atoms with van der Waals surface area (Å²) in [6, 6.07) is 0.441. The number of nitrogens with one attached hydrogen (secondary N) is 2. The van der Waals surface area contributed by atoms with Crippen LogP contribution >= 0.6 is 24.0 Å². The Balaban J connectivity index is 0.00000300. The van der Waals surface area contributed by atoms with E-state index in [4.69, 9.17) is 9.73 Å². The molecule has 2 atom stereocenters. The van der Waals surface area contributed by atoms with E-state index in [1.54, 1.807) is 4.31 Å². The van der Waals surface area contributed by atoms with Gasteiger partial charge in [-0.05, 0) is 51.9 Å². The minimum absolute atomic E-state index is 0. The summed E-state index contributed by atoms with van der Waals surface area (Å²) in [5.41, 5.74) is 0.285. The maximum atomic E-state index is 11.7. The van der Waals surface area contributed by atoms with E-state index < -0.39 is 10.0 Å². The number of hydrogen-bond donors (Lipinski definition) is 2. The molecule has 1 aliphatic heterocycles. The number of ether oxygens (including phenoxy) is 1. The van der Waals surface area contributed by atoms with E-state index in [2.05, 4.69) is 24.5 Å². The van der Waals surface area contributed by atoms with Crippen molar-refractivity contribution < 1.29 is 13.2 Å². The fourth-order valence-electron chi connectivity index (χ4n) is 5.22. The van der Waals surface area contributed by atoms with Gasteiger partial charge in [0.25, 0.3) is 0 Å². The molecular weight excluding hydrogens is 503 g/mol. The van der Waals surface area contributed by atoms with E-state index in [9.17, 15) is 8.42 Å². The largest absolute Gasteiger partial charge is 0.378 e. The summed E-state index contributed by atoms with van der Waals surface area (Å²) in [5.74, 6) is 1.35. The van der Waals surface area contributed by atoms with Gasteiger partial charge in [-0.25, -0.2) is 12.7 Å². The third kappa shape index (κ3) is 5.98. The molecule has 3 fully saturated rings. The summed E-state index contributed by atoms with van der Waals surface area (Å²) in [4.78, 5) is 4.86. The zero-order valence-electron chi connectivity index (χ0n) is 18.2. The number of hydrogen-bond acceptors (Lipinski definition) is 4. The van der Waals surface area contributed by atoms with Gasteiger partial charge >= 0.3 is 0 Å². The van der Waals surface area contributed by atoms with Gasteiger partial charge in [0.15, 0.2) is 5.96 Å². The number of rotatable bonds is 7. The Hall–Kier alpha value is -0.130. The van der Waals surface area contributed by atoms with Crippen LogP contribution in [0.5, 0.6) is 0 Å². The number of nitrogens with zero attached hydrogens (tertiary/aromatic N) is 2. The van der Waals surface area contributed by atoms with Crippen LogP contribution in [0.1, 0.15) is 58.8 Å². The van der Waals surface area contributed by atoms with Crippen LogP contribution in [0, 0.1) is 11.3 Å². The second-order valence-corrected chi connectivity index (χ2v) is 10.6. The van der Waals surface area contributed by atoms with Gasteiger partial charge in [0.05, 0.1) is 12.4 Å². The van der Waals surface area contributed by atoms with Gasteiger partial charge in [-0.3, -0.25) is 4.99 Å². The van der Waals surface area contributed by atoms with Crippen LogP contribution in [0.15, 0.2) is 4.99 Å². The predicted octanol–water partition coefficient (Wildman–Crippen LogP) is 2.57. The lowest BCUT2D eigenvalue weighted by Gasteiger charge is -2.54. The maximum Gasteiger partial charge on any atom is 0.211 e. The first-order valence-corrected chi connectivity index (χ1v) is 12.9. The molecule has 2 aliphatic carbocycles. The van der Waals surface area contributed by atoms with Crippen LogP contribution < -0.4 is 10.6 Å². The zero-order chi connectivity index (χ0) is 20.2. The van der Waals surface area contributed by atoms with Crippen molar-refractivity contribution in [2.75, 3.05) is 39.0 Å². The lowest BCUT2D eigenvalue weighted by atomic mass is 9.60. The molecule has 0 radical (unpaired) electrons. The first-order chi connectivity index (χ1) is 13.4. The van der Waals surface area contributed by atoms with E-state index in [0.29, 0.717) is 31.2 Å². The molecule has 7 nitrogen and oxygen atoms in total. The molecule has 0 aromatic heterocycles. The van der Waals surface area contributed by atoms with Crippen LogP contribution in [0.3, 0.4) is 0 Å². The number of halogens is 1.